The van der Waals surface area contributed by atoms with Crippen LogP contribution >= 0.6 is 0 Å². The highest BCUT2D eigenvalue weighted by Crippen LogP contribution is 2.43. The zero-order valence-corrected chi connectivity index (χ0v) is 34.3. The summed E-state index contributed by atoms with van der Waals surface area (Å²) < 4.78 is 52.8. The van der Waals surface area contributed by atoms with Crippen molar-refractivity contribution in [1.82, 2.24) is 4.90 Å². The Morgan fingerprint density at radius 3 is 2.00 bits per heavy atom. The average molecular weight is 775 g/mol. The zero-order chi connectivity index (χ0) is 41.2. The maximum absolute atomic E-state index is 14.2. The fourth-order valence-electron chi connectivity index (χ4n) is 6.96. The van der Waals surface area contributed by atoms with Gasteiger partial charge in [0.2, 0.25) is 5.91 Å². The van der Waals surface area contributed by atoms with Crippen LogP contribution in [0.2, 0.25) is 0 Å². The monoisotopic (exact) mass is 774 g/mol. The summed E-state index contributed by atoms with van der Waals surface area (Å²) in [4.78, 5) is 25.2. The molecular formula is C45H66F4N2O4. The number of carboxylic acid groups (broad SMARTS) is 1. The van der Waals surface area contributed by atoms with Crippen LogP contribution in [0.5, 0.6) is 5.75 Å². The fourth-order valence-corrected chi connectivity index (χ4v) is 6.96. The third-order valence-electron chi connectivity index (χ3n) is 10.3. The van der Waals surface area contributed by atoms with Crippen LogP contribution in [0.15, 0.2) is 54.6 Å². The van der Waals surface area contributed by atoms with E-state index in [4.69, 9.17) is 15.6 Å². The van der Waals surface area contributed by atoms with Crippen molar-refractivity contribution >= 4 is 22.6 Å². The maximum atomic E-state index is 14.2. The van der Waals surface area contributed by atoms with Crippen molar-refractivity contribution in [2.24, 2.45) is 11.1 Å². The van der Waals surface area contributed by atoms with E-state index in [1.54, 1.807) is 0 Å². The molecule has 1 heterocycles. The van der Waals surface area contributed by atoms with Crippen LogP contribution in [-0.4, -0.2) is 52.9 Å². The molecule has 1 saturated carbocycles. The van der Waals surface area contributed by atoms with Crippen molar-refractivity contribution in [3.8, 4) is 16.9 Å². The van der Waals surface area contributed by atoms with E-state index < -0.39 is 35.6 Å². The summed E-state index contributed by atoms with van der Waals surface area (Å²) in [5.41, 5.74) is 7.60. The number of fused-ring (bicyclic) bond motifs is 1. The largest absolute Gasteiger partial charge is 0.490 e. The number of nitrogens with zero attached hydrogens (tertiary/aromatic N) is 1. The van der Waals surface area contributed by atoms with Crippen LogP contribution in [0.3, 0.4) is 0 Å². The first-order valence-corrected chi connectivity index (χ1v) is 20.4. The summed E-state index contributed by atoms with van der Waals surface area (Å²) in [5, 5.41) is 11.4. The number of hydrogen-bond donors (Lipinski definition) is 2. The number of amides is 1. The van der Waals surface area contributed by atoms with Gasteiger partial charge in [-0.2, -0.15) is 13.2 Å². The molecule has 1 atom stereocenters. The van der Waals surface area contributed by atoms with Crippen LogP contribution in [0.1, 0.15) is 137 Å². The molecule has 3 aromatic carbocycles. The second kappa shape index (κ2) is 22.8. The Labute approximate surface area is 327 Å². The minimum absolute atomic E-state index is 0.144. The van der Waals surface area contributed by atoms with Gasteiger partial charge >= 0.3 is 12.1 Å². The first kappa shape index (κ1) is 47.5. The van der Waals surface area contributed by atoms with Crippen LogP contribution in [0.4, 0.5) is 17.6 Å². The van der Waals surface area contributed by atoms with Gasteiger partial charge in [0.05, 0.1) is 11.5 Å². The van der Waals surface area contributed by atoms with Gasteiger partial charge in [-0.3, -0.25) is 14.5 Å². The van der Waals surface area contributed by atoms with E-state index in [2.05, 4.69) is 47.4 Å². The fraction of sp³-hybridized carbons (Fsp3) is 0.600. The number of carbonyl (C=O) groups is 2. The van der Waals surface area contributed by atoms with Crippen molar-refractivity contribution in [3.63, 3.8) is 0 Å². The zero-order valence-electron chi connectivity index (χ0n) is 34.3. The number of carboxylic acids is 1. The number of piperidine rings is 1. The number of benzene rings is 3. The minimum atomic E-state index is -3.96. The average Bonchev–Trinajstić information content (AvgIpc) is 3.98. The smallest absolute Gasteiger partial charge is 0.388 e. The van der Waals surface area contributed by atoms with Gasteiger partial charge in [-0.1, -0.05) is 103 Å². The van der Waals surface area contributed by atoms with Gasteiger partial charge in [0.1, 0.15) is 11.4 Å². The van der Waals surface area contributed by atoms with Gasteiger partial charge < -0.3 is 15.6 Å². The summed E-state index contributed by atoms with van der Waals surface area (Å²) in [6.07, 6.45) is 6.17. The Hall–Kier alpha value is -3.66. The number of hydrogen-bond acceptors (Lipinski definition) is 4. The molecule has 55 heavy (non-hydrogen) atoms. The quantitative estimate of drug-likeness (QED) is 0.150. The van der Waals surface area contributed by atoms with Gasteiger partial charge in [0, 0.05) is 24.9 Å². The topological polar surface area (TPSA) is 92.9 Å². The summed E-state index contributed by atoms with van der Waals surface area (Å²) in [5.74, 6) is -0.299. The molecule has 1 aliphatic heterocycles. The second-order valence-corrected chi connectivity index (χ2v) is 14.9. The molecule has 0 aromatic heterocycles. The molecule has 308 valence electrons. The van der Waals surface area contributed by atoms with Crippen molar-refractivity contribution in [3.05, 3.63) is 65.7 Å². The van der Waals surface area contributed by atoms with Crippen molar-refractivity contribution < 1.29 is 37.0 Å². The summed E-state index contributed by atoms with van der Waals surface area (Å²) in [6.45, 7) is 15.3. The number of halogens is 4. The number of nitrogens with two attached hydrogens (primary N) is 1. The molecule has 2 aliphatic rings. The lowest BCUT2D eigenvalue weighted by atomic mass is 9.68. The van der Waals surface area contributed by atoms with Gasteiger partial charge in [-0.25, -0.2) is 4.39 Å². The van der Waals surface area contributed by atoms with Gasteiger partial charge in [0.15, 0.2) is 0 Å². The number of carbonyl (C=O) groups excluding carboxylic acids is 1. The van der Waals surface area contributed by atoms with Crippen LogP contribution in [-0.2, 0) is 22.6 Å². The van der Waals surface area contributed by atoms with Crippen molar-refractivity contribution in [2.45, 2.75) is 156 Å². The van der Waals surface area contributed by atoms with Gasteiger partial charge in [-0.05, 0) is 111 Å². The summed E-state index contributed by atoms with van der Waals surface area (Å²) in [6, 6.07) is 19.3. The molecule has 3 N–H and O–H groups in total. The van der Waals surface area contributed by atoms with Crippen molar-refractivity contribution in [2.75, 3.05) is 13.1 Å². The maximum Gasteiger partial charge on any atom is 0.388 e. The number of unbranched alkanes of at least 4 members (excludes halogenated alkanes) is 1. The number of aliphatic carboxylic acids is 1. The molecule has 3 aromatic rings. The highest BCUT2D eigenvalue weighted by Gasteiger charge is 2.49. The minimum Gasteiger partial charge on any atom is -0.490 e. The molecule has 5 rings (SSSR count). The molecule has 6 nitrogen and oxygen atoms in total. The van der Waals surface area contributed by atoms with Crippen LogP contribution < -0.4 is 10.5 Å². The van der Waals surface area contributed by atoms with E-state index in [1.165, 1.54) is 51.8 Å². The molecule has 2 fully saturated rings. The van der Waals surface area contributed by atoms with E-state index in [0.717, 1.165) is 78.8 Å². The Bertz CT molecular complexity index is 1610. The van der Waals surface area contributed by atoms with E-state index in [-0.39, 0.29) is 6.42 Å². The lowest BCUT2D eigenvalue weighted by Crippen LogP contribution is -2.50. The predicted molar refractivity (Wildman–Crippen MR) is 217 cm³/mol. The normalized spacial score (nSPS) is 15.6. The molecule has 1 saturated heterocycles. The lowest BCUT2D eigenvalue weighted by molar-refractivity contribution is -0.138. The Morgan fingerprint density at radius 2 is 1.47 bits per heavy atom. The third-order valence-corrected chi connectivity index (χ3v) is 10.3. The lowest BCUT2D eigenvalue weighted by Gasteiger charge is -2.39. The first-order chi connectivity index (χ1) is 26.0. The predicted octanol–water partition coefficient (Wildman–Crippen LogP) is 12.2. The van der Waals surface area contributed by atoms with E-state index in [9.17, 15) is 27.2 Å². The number of alkyl halides is 4. The highest BCUT2D eigenvalue weighted by atomic mass is 19.4. The number of likely N-dealkylation sites (tertiary alicyclic amines) is 1. The number of rotatable bonds is 15. The Balaban J connectivity index is 0.000000380. The number of primary amides is 1. The molecule has 1 unspecified atom stereocenters. The van der Waals surface area contributed by atoms with Gasteiger partial charge in [0.25, 0.3) is 0 Å². The van der Waals surface area contributed by atoms with Gasteiger partial charge in [-0.15, -0.1) is 0 Å². The number of ether oxygens (including phenoxy) is 1. The highest BCUT2D eigenvalue weighted by molar-refractivity contribution is 5.99. The van der Waals surface area contributed by atoms with E-state index >= 15 is 0 Å². The Kier molecular flexibility index (Phi) is 19.7. The molecule has 0 spiro atoms. The second-order valence-electron chi connectivity index (χ2n) is 14.9. The number of aryl methyl sites for hydroxylation is 1. The standard InChI is InChI=1S/C28H31NO3.C12H24FNO.C3H5F3.C2H6/c30-28(31)15-11-21-6-4-8-24-23(21)7-5-9-25(24)26-18-20(19-29-16-2-1-3-17-29)10-14-27(26)32-22-12-13-22;1-5-7-9-12(8-6-2,10(14)15)11(3,4)13;1-2-3(4,5)6;1-2/h4-10,14,18,22H,1-3,11-13,15-17,19H2,(H,30,31);5-9H2,1-4H3,(H2,14,15);2H2,1H3;1-2H3. The van der Waals surface area contributed by atoms with Crippen LogP contribution in [0.25, 0.3) is 21.9 Å². The SMILES string of the molecule is CC.CCC(F)(F)F.CCCCC(CCC)(C(N)=O)C(C)(C)F.O=C(O)CCc1cccc2c(-c3cc(CN4CCCCC4)ccc3OC3CC3)cccc12. The molecule has 0 bridgehead atoms. The molecule has 10 heteroatoms. The molecule has 1 aliphatic carbocycles. The third kappa shape index (κ3) is 15.1. The summed E-state index contributed by atoms with van der Waals surface area (Å²) in [7, 11) is 0. The molecule has 1 amide bonds. The first-order valence-electron chi connectivity index (χ1n) is 20.4. The van der Waals surface area contributed by atoms with E-state index in [1.807, 2.05) is 39.8 Å². The van der Waals surface area contributed by atoms with Crippen molar-refractivity contribution in [1.29, 1.82) is 0 Å². The Morgan fingerprint density at radius 1 is 0.855 bits per heavy atom. The van der Waals surface area contributed by atoms with E-state index in [0.29, 0.717) is 25.4 Å². The molecule has 0 radical (unpaired) electrons. The molecular weight excluding hydrogens is 708 g/mol. The van der Waals surface area contributed by atoms with Crippen LogP contribution in [0, 0.1) is 5.41 Å². The summed E-state index contributed by atoms with van der Waals surface area (Å²) >= 11 is 0.